The van der Waals surface area contributed by atoms with Crippen molar-refractivity contribution < 1.29 is 0 Å². The van der Waals surface area contributed by atoms with Gasteiger partial charge in [-0.3, -0.25) is 4.68 Å². The molecule has 0 aliphatic rings. The molecule has 2 heterocycles. The summed E-state index contributed by atoms with van der Waals surface area (Å²) in [5.41, 5.74) is 3.37. The first-order chi connectivity index (χ1) is 8.26. The van der Waals surface area contributed by atoms with Crippen LogP contribution >= 0.6 is 22.9 Å². The van der Waals surface area contributed by atoms with E-state index in [1.54, 1.807) is 11.3 Å². The van der Waals surface area contributed by atoms with Crippen molar-refractivity contribution in [3.05, 3.63) is 33.5 Å². The van der Waals surface area contributed by atoms with Crippen molar-refractivity contribution in [1.29, 1.82) is 0 Å². The maximum Gasteiger partial charge on any atom is 0.114 e. The molecule has 0 amide bonds. The smallest absolute Gasteiger partial charge is 0.114 e. The maximum atomic E-state index is 5.75. The Balaban J connectivity index is 2.19. The zero-order valence-corrected chi connectivity index (χ0v) is 11.7. The summed E-state index contributed by atoms with van der Waals surface area (Å²) in [6.07, 6.45) is 1.98. The summed E-state index contributed by atoms with van der Waals surface area (Å²) in [5.74, 6) is 0.483. The van der Waals surface area contributed by atoms with Gasteiger partial charge in [0.2, 0.25) is 0 Å². The molecule has 0 aliphatic heterocycles. The van der Waals surface area contributed by atoms with Gasteiger partial charge in [0, 0.05) is 11.1 Å². The fraction of sp³-hybridized carbons (Fsp3) is 0.500. The van der Waals surface area contributed by atoms with Crippen LogP contribution in [0.25, 0.3) is 0 Å². The van der Waals surface area contributed by atoms with E-state index in [4.69, 9.17) is 11.6 Å². The molecular weight excluding hydrogens is 254 g/mol. The summed E-state index contributed by atoms with van der Waals surface area (Å²) in [6, 6.07) is 2.18. The Kier molecular flexibility index (Phi) is 4.18. The Hall–Kier alpha value is -0.870. The van der Waals surface area contributed by atoms with Crippen molar-refractivity contribution >= 4 is 22.9 Å². The highest BCUT2D eigenvalue weighted by Crippen LogP contribution is 2.15. The molecule has 0 aliphatic carbocycles. The molecule has 2 aromatic rings. The van der Waals surface area contributed by atoms with Gasteiger partial charge in [0.05, 0.1) is 23.8 Å². The summed E-state index contributed by atoms with van der Waals surface area (Å²) < 4.78 is 2.05. The van der Waals surface area contributed by atoms with Gasteiger partial charge in [-0.15, -0.1) is 22.9 Å². The van der Waals surface area contributed by atoms with Crippen molar-refractivity contribution in [2.75, 3.05) is 0 Å². The van der Waals surface area contributed by atoms with Gasteiger partial charge < -0.3 is 0 Å². The quantitative estimate of drug-likeness (QED) is 0.780. The second-order valence-electron chi connectivity index (χ2n) is 3.86. The van der Waals surface area contributed by atoms with E-state index in [-0.39, 0.29) is 0 Å². The summed E-state index contributed by atoms with van der Waals surface area (Å²) in [6.45, 7) is 5.03. The highest BCUT2D eigenvalue weighted by molar-refractivity contribution is 7.09. The first kappa shape index (κ1) is 12.6. The summed E-state index contributed by atoms with van der Waals surface area (Å²) >= 11 is 7.40. The number of nitrogens with zero attached hydrogens (tertiary/aromatic N) is 3. The van der Waals surface area contributed by atoms with Gasteiger partial charge in [-0.05, 0) is 18.9 Å². The number of alkyl halides is 1. The van der Waals surface area contributed by atoms with E-state index in [0.29, 0.717) is 5.88 Å². The third-order valence-corrected chi connectivity index (χ3v) is 3.82. The minimum atomic E-state index is 0.483. The van der Waals surface area contributed by atoms with Gasteiger partial charge >= 0.3 is 0 Å². The highest BCUT2D eigenvalue weighted by atomic mass is 35.5. The van der Waals surface area contributed by atoms with Crippen LogP contribution in [-0.4, -0.2) is 14.8 Å². The van der Waals surface area contributed by atoms with Crippen LogP contribution in [0.4, 0.5) is 0 Å². The van der Waals surface area contributed by atoms with E-state index in [9.17, 15) is 0 Å². The number of hydrogen-bond acceptors (Lipinski definition) is 3. The van der Waals surface area contributed by atoms with Crippen LogP contribution in [0, 0.1) is 0 Å². The van der Waals surface area contributed by atoms with Crippen molar-refractivity contribution in [1.82, 2.24) is 14.8 Å². The number of aryl methyl sites for hydroxylation is 2. The first-order valence-electron chi connectivity index (χ1n) is 5.81. The second kappa shape index (κ2) is 5.65. The van der Waals surface area contributed by atoms with Gasteiger partial charge in [0.25, 0.3) is 0 Å². The number of halogens is 1. The van der Waals surface area contributed by atoms with Gasteiger partial charge in [0.1, 0.15) is 5.01 Å². The second-order valence-corrected chi connectivity index (χ2v) is 5.07. The van der Waals surface area contributed by atoms with Crippen LogP contribution in [-0.2, 0) is 25.3 Å². The average molecular weight is 270 g/mol. The monoisotopic (exact) mass is 269 g/mol. The van der Waals surface area contributed by atoms with E-state index in [1.807, 2.05) is 5.38 Å². The van der Waals surface area contributed by atoms with Crippen molar-refractivity contribution in [2.24, 2.45) is 0 Å². The molecule has 0 radical (unpaired) electrons. The Morgan fingerprint density at radius 3 is 2.71 bits per heavy atom. The highest BCUT2D eigenvalue weighted by Gasteiger charge is 2.08. The molecule has 0 spiro atoms. The Bertz CT molecular complexity index is 490. The Labute approximate surface area is 110 Å². The van der Waals surface area contributed by atoms with Crippen LogP contribution in [0.1, 0.15) is 35.9 Å². The Morgan fingerprint density at radius 2 is 2.12 bits per heavy atom. The first-order valence-corrected chi connectivity index (χ1v) is 7.23. The van der Waals surface area contributed by atoms with Crippen molar-refractivity contribution in [3.8, 4) is 0 Å². The van der Waals surface area contributed by atoms with Crippen LogP contribution in [0.2, 0.25) is 0 Å². The summed E-state index contributed by atoms with van der Waals surface area (Å²) in [7, 11) is 0. The molecule has 92 valence electrons. The average Bonchev–Trinajstić information content (AvgIpc) is 2.95. The third kappa shape index (κ3) is 2.87. The van der Waals surface area contributed by atoms with Gasteiger partial charge in [-0.1, -0.05) is 13.8 Å². The van der Waals surface area contributed by atoms with Crippen LogP contribution in [0.5, 0.6) is 0 Å². The van der Waals surface area contributed by atoms with Crippen molar-refractivity contribution in [3.63, 3.8) is 0 Å². The normalized spacial score (nSPS) is 11.0. The molecule has 0 saturated carbocycles. The molecule has 2 aromatic heterocycles. The minimum Gasteiger partial charge on any atom is -0.262 e. The van der Waals surface area contributed by atoms with Gasteiger partial charge in [-0.25, -0.2) is 4.98 Å². The molecule has 17 heavy (non-hydrogen) atoms. The lowest BCUT2D eigenvalue weighted by molar-refractivity contribution is 0.637. The van der Waals surface area contributed by atoms with Gasteiger partial charge in [0.15, 0.2) is 0 Å². The molecular formula is C12H16ClN3S. The lowest BCUT2D eigenvalue weighted by atomic mass is 10.3. The summed E-state index contributed by atoms with van der Waals surface area (Å²) in [5, 5.41) is 7.66. The summed E-state index contributed by atoms with van der Waals surface area (Å²) in [4.78, 5) is 4.46. The standard InChI is InChI=1S/C12H16ClN3S/c1-3-9-5-11(4-2)16(15-9)7-12-14-10(6-13)8-17-12/h5,8H,3-4,6-7H2,1-2H3. The molecule has 0 aromatic carbocycles. The SMILES string of the molecule is CCc1cc(CC)n(Cc2nc(CCl)cs2)n1. The molecule has 5 heteroatoms. The van der Waals surface area contributed by atoms with E-state index < -0.39 is 0 Å². The minimum absolute atomic E-state index is 0.483. The van der Waals surface area contributed by atoms with Crippen molar-refractivity contribution in [2.45, 2.75) is 39.1 Å². The molecule has 0 atom stereocenters. The van der Waals surface area contributed by atoms with Crippen LogP contribution in [0.3, 0.4) is 0 Å². The van der Waals surface area contributed by atoms with Gasteiger partial charge in [-0.2, -0.15) is 5.10 Å². The number of thiazole rings is 1. The van der Waals surface area contributed by atoms with E-state index in [2.05, 4.69) is 34.7 Å². The molecule has 0 saturated heterocycles. The number of aromatic nitrogens is 3. The fourth-order valence-electron chi connectivity index (χ4n) is 1.72. The maximum absolute atomic E-state index is 5.75. The Morgan fingerprint density at radius 1 is 1.29 bits per heavy atom. The fourth-order valence-corrected chi connectivity index (χ4v) is 2.72. The molecule has 0 fully saturated rings. The van der Waals surface area contributed by atoms with E-state index in [0.717, 1.165) is 35.8 Å². The number of rotatable bonds is 5. The molecule has 3 nitrogen and oxygen atoms in total. The lowest BCUT2D eigenvalue weighted by Crippen LogP contribution is -2.05. The molecule has 0 bridgehead atoms. The zero-order valence-electron chi connectivity index (χ0n) is 10.1. The third-order valence-electron chi connectivity index (χ3n) is 2.66. The molecule has 2 rings (SSSR count). The predicted molar refractivity (Wildman–Crippen MR) is 71.8 cm³/mol. The topological polar surface area (TPSA) is 30.7 Å². The van der Waals surface area contributed by atoms with Crippen LogP contribution < -0.4 is 0 Å². The molecule has 0 unspecified atom stereocenters. The molecule has 0 N–H and O–H groups in total. The number of hydrogen-bond donors (Lipinski definition) is 0. The van der Waals surface area contributed by atoms with Crippen LogP contribution in [0.15, 0.2) is 11.4 Å². The van der Waals surface area contributed by atoms with E-state index >= 15 is 0 Å². The zero-order chi connectivity index (χ0) is 12.3. The van der Waals surface area contributed by atoms with E-state index in [1.165, 1.54) is 5.69 Å². The predicted octanol–water partition coefficient (Wildman–Crippen LogP) is 3.25. The lowest BCUT2D eigenvalue weighted by Gasteiger charge is -2.02. The largest absolute Gasteiger partial charge is 0.262 e.